The lowest BCUT2D eigenvalue weighted by atomic mass is 9.76. The molecule has 0 unspecified atom stereocenters. The molecule has 0 radical (unpaired) electrons. The van der Waals surface area contributed by atoms with Gasteiger partial charge in [0, 0.05) is 18.7 Å². The Bertz CT molecular complexity index is 578. The van der Waals surface area contributed by atoms with E-state index in [4.69, 9.17) is 4.42 Å². The smallest absolute Gasteiger partial charge is 0.152 e. The second-order valence-corrected chi connectivity index (χ2v) is 6.66. The summed E-state index contributed by atoms with van der Waals surface area (Å²) >= 11 is 0. The van der Waals surface area contributed by atoms with Crippen molar-refractivity contribution >= 4 is 0 Å². The van der Waals surface area contributed by atoms with Crippen LogP contribution < -0.4 is 5.32 Å². The van der Waals surface area contributed by atoms with Crippen molar-refractivity contribution in [3.05, 3.63) is 29.7 Å². The fourth-order valence-corrected chi connectivity index (χ4v) is 3.31. The molecule has 1 aliphatic carbocycles. The number of rotatable bonds is 5. The number of aromatic amines is 1. The third-order valence-electron chi connectivity index (χ3n) is 4.63. The van der Waals surface area contributed by atoms with Crippen molar-refractivity contribution in [3.8, 4) is 11.5 Å². The van der Waals surface area contributed by atoms with Crippen molar-refractivity contribution in [2.75, 3.05) is 6.54 Å². The molecule has 2 N–H and O–H groups in total. The van der Waals surface area contributed by atoms with Gasteiger partial charge in [-0.2, -0.15) is 5.10 Å². The molecule has 2 aromatic rings. The maximum atomic E-state index is 5.69. The van der Waals surface area contributed by atoms with E-state index in [2.05, 4.69) is 22.4 Å². The van der Waals surface area contributed by atoms with Crippen molar-refractivity contribution in [3.63, 3.8) is 0 Å². The number of aromatic nitrogens is 2. The lowest BCUT2D eigenvalue weighted by Crippen LogP contribution is -2.33. The zero-order chi connectivity index (χ0) is 14.7. The van der Waals surface area contributed by atoms with E-state index in [1.807, 2.05) is 25.3 Å². The number of H-pyrrole nitrogens is 1. The summed E-state index contributed by atoms with van der Waals surface area (Å²) in [4.78, 5) is 0. The maximum absolute atomic E-state index is 5.69. The van der Waals surface area contributed by atoms with Gasteiger partial charge in [-0.1, -0.05) is 26.2 Å². The van der Waals surface area contributed by atoms with Gasteiger partial charge in [-0.05, 0) is 37.3 Å². The lowest BCUT2D eigenvalue weighted by molar-refractivity contribution is 0.207. The minimum absolute atomic E-state index is 0.462. The predicted octanol–water partition coefficient (Wildman–Crippen LogP) is 4.04. The minimum atomic E-state index is 0.462. The van der Waals surface area contributed by atoms with E-state index < -0.39 is 0 Å². The molecule has 3 rings (SSSR count). The van der Waals surface area contributed by atoms with E-state index in [-0.39, 0.29) is 0 Å². The highest BCUT2D eigenvalue weighted by atomic mass is 16.3. The number of nitrogens with one attached hydrogen (secondary N) is 2. The van der Waals surface area contributed by atoms with Crippen molar-refractivity contribution in [1.29, 1.82) is 0 Å². The molecule has 4 nitrogen and oxygen atoms in total. The summed E-state index contributed by atoms with van der Waals surface area (Å²) in [6.07, 6.45) is 8.73. The minimum Gasteiger partial charge on any atom is -0.460 e. The number of hydrogen-bond acceptors (Lipinski definition) is 3. The van der Waals surface area contributed by atoms with Gasteiger partial charge in [0.1, 0.15) is 11.5 Å². The highest BCUT2D eigenvalue weighted by molar-refractivity contribution is 5.56. The largest absolute Gasteiger partial charge is 0.460 e. The van der Waals surface area contributed by atoms with Crippen LogP contribution in [0.4, 0.5) is 0 Å². The van der Waals surface area contributed by atoms with Crippen molar-refractivity contribution < 1.29 is 4.42 Å². The molecule has 1 aliphatic rings. The number of aryl methyl sites for hydroxylation is 1. The molecule has 2 aromatic heterocycles. The van der Waals surface area contributed by atoms with Gasteiger partial charge in [0.05, 0.1) is 6.20 Å². The molecular formula is C17H25N3O. The summed E-state index contributed by atoms with van der Waals surface area (Å²) in [5, 5.41) is 10.8. The highest BCUT2D eigenvalue weighted by Gasteiger charge is 2.26. The van der Waals surface area contributed by atoms with Gasteiger partial charge in [-0.15, -0.1) is 0 Å². The molecule has 114 valence electrons. The highest BCUT2D eigenvalue weighted by Crippen LogP contribution is 2.35. The van der Waals surface area contributed by atoms with Crippen LogP contribution in [0.1, 0.15) is 50.4 Å². The van der Waals surface area contributed by atoms with E-state index in [0.717, 1.165) is 30.3 Å². The van der Waals surface area contributed by atoms with E-state index in [1.165, 1.54) is 37.7 Å². The number of hydrogen-bond donors (Lipinski definition) is 2. The SMILES string of the molecule is Cc1ccc(-c2[nH]ncc2CNCC2(C)CCCCC2)o1. The Labute approximate surface area is 126 Å². The molecule has 21 heavy (non-hydrogen) atoms. The van der Waals surface area contributed by atoms with Gasteiger partial charge < -0.3 is 9.73 Å². The first-order valence-corrected chi connectivity index (χ1v) is 7.96. The summed E-state index contributed by atoms with van der Waals surface area (Å²) < 4.78 is 5.69. The van der Waals surface area contributed by atoms with Crippen molar-refractivity contribution in [2.24, 2.45) is 5.41 Å². The molecule has 2 heterocycles. The van der Waals surface area contributed by atoms with E-state index >= 15 is 0 Å². The van der Waals surface area contributed by atoms with Crippen LogP contribution in [0.3, 0.4) is 0 Å². The molecule has 0 atom stereocenters. The average Bonchev–Trinajstić information content (AvgIpc) is 3.08. The third kappa shape index (κ3) is 3.38. The van der Waals surface area contributed by atoms with Gasteiger partial charge in [-0.25, -0.2) is 0 Å². The molecule has 1 fully saturated rings. The standard InChI is InChI=1S/C17H25N3O/c1-13-6-7-15(21-13)16-14(11-19-20-16)10-18-12-17(2)8-4-3-5-9-17/h6-7,11,18H,3-5,8-10,12H2,1-2H3,(H,19,20). The third-order valence-corrected chi connectivity index (χ3v) is 4.63. The maximum Gasteiger partial charge on any atom is 0.152 e. The number of furan rings is 1. The van der Waals surface area contributed by atoms with E-state index in [9.17, 15) is 0 Å². The van der Waals surface area contributed by atoms with Crippen LogP contribution in [-0.4, -0.2) is 16.7 Å². The summed E-state index contributed by atoms with van der Waals surface area (Å²) in [6, 6.07) is 3.98. The summed E-state index contributed by atoms with van der Waals surface area (Å²) in [6.45, 7) is 6.28. The summed E-state index contributed by atoms with van der Waals surface area (Å²) in [7, 11) is 0. The van der Waals surface area contributed by atoms with Crippen LogP contribution in [0.5, 0.6) is 0 Å². The quantitative estimate of drug-likeness (QED) is 0.872. The molecule has 0 saturated heterocycles. The Kier molecular flexibility index (Phi) is 4.15. The Morgan fingerprint density at radius 2 is 2.10 bits per heavy atom. The van der Waals surface area contributed by atoms with Gasteiger partial charge in [-0.3, -0.25) is 5.10 Å². The molecule has 0 bridgehead atoms. The van der Waals surface area contributed by atoms with Crippen LogP contribution in [-0.2, 0) is 6.54 Å². The summed E-state index contributed by atoms with van der Waals surface area (Å²) in [5.41, 5.74) is 2.62. The molecule has 1 saturated carbocycles. The zero-order valence-corrected chi connectivity index (χ0v) is 13.0. The zero-order valence-electron chi connectivity index (χ0n) is 13.0. The molecule has 0 amide bonds. The second-order valence-electron chi connectivity index (χ2n) is 6.66. The first-order chi connectivity index (χ1) is 10.2. The van der Waals surface area contributed by atoms with Crippen molar-refractivity contribution in [1.82, 2.24) is 15.5 Å². The average molecular weight is 287 g/mol. The van der Waals surface area contributed by atoms with Crippen LogP contribution in [0.2, 0.25) is 0 Å². The van der Waals surface area contributed by atoms with Crippen LogP contribution in [0, 0.1) is 12.3 Å². The topological polar surface area (TPSA) is 53.9 Å². The molecule has 0 aromatic carbocycles. The van der Waals surface area contributed by atoms with Crippen LogP contribution in [0.15, 0.2) is 22.7 Å². The Morgan fingerprint density at radius 3 is 2.81 bits per heavy atom. The first kappa shape index (κ1) is 14.4. The van der Waals surface area contributed by atoms with Gasteiger partial charge in [0.15, 0.2) is 5.76 Å². The fraction of sp³-hybridized carbons (Fsp3) is 0.588. The van der Waals surface area contributed by atoms with Gasteiger partial charge >= 0.3 is 0 Å². The fourth-order valence-electron chi connectivity index (χ4n) is 3.31. The molecular weight excluding hydrogens is 262 g/mol. The van der Waals surface area contributed by atoms with Gasteiger partial charge in [0.2, 0.25) is 0 Å². The molecule has 4 heteroatoms. The normalized spacial score (nSPS) is 18.0. The van der Waals surface area contributed by atoms with Gasteiger partial charge in [0.25, 0.3) is 0 Å². The Hall–Kier alpha value is -1.55. The molecule has 0 spiro atoms. The number of nitrogens with zero attached hydrogens (tertiary/aromatic N) is 1. The Morgan fingerprint density at radius 1 is 1.29 bits per heavy atom. The van der Waals surface area contributed by atoms with E-state index in [0.29, 0.717) is 5.41 Å². The molecule has 0 aliphatic heterocycles. The van der Waals surface area contributed by atoms with Crippen molar-refractivity contribution in [2.45, 2.75) is 52.5 Å². The van der Waals surface area contributed by atoms with Crippen LogP contribution >= 0.6 is 0 Å². The predicted molar refractivity (Wildman–Crippen MR) is 83.9 cm³/mol. The summed E-state index contributed by atoms with van der Waals surface area (Å²) in [5.74, 6) is 1.79. The van der Waals surface area contributed by atoms with Crippen LogP contribution in [0.25, 0.3) is 11.5 Å². The van der Waals surface area contributed by atoms with E-state index in [1.54, 1.807) is 0 Å². The lowest BCUT2D eigenvalue weighted by Gasteiger charge is -2.33. The Balaban J connectivity index is 1.60. The second kappa shape index (κ2) is 6.06. The monoisotopic (exact) mass is 287 g/mol. The first-order valence-electron chi connectivity index (χ1n) is 7.96.